The minimum atomic E-state index is -0.151. The fourth-order valence-corrected chi connectivity index (χ4v) is 3.36. The van der Waals surface area contributed by atoms with Crippen LogP contribution < -0.4 is 10.6 Å². The lowest BCUT2D eigenvalue weighted by atomic mass is 10.2. The third-order valence-electron chi connectivity index (χ3n) is 3.90. The van der Waals surface area contributed by atoms with E-state index in [1.165, 1.54) is 6.33 Å². The number of nitrogens with zero attached hydrogens (tertiary/aromatic N) is 2. The number of benzene rings is 2. The summed E-state index contributed by atoms with van der Waals surface area (Å²) in [6, 6.07) is 13.4. The van der Waals surface area contributed by atoms with Crippen molar-refractivity contribution in [2.45, 2.75) is 0 Å². The first-order valence-corrected chi connectivity index (χ1v) is 9.40. The Balaban J connectivity index is 1.56. The summed E-state index contributed by atoms with van der Waals surface area (Å²) in [7, 11) is 0. The van der Waals surface area contributed by atoms with Gasteiger partial charge in [0, 0.05) is 25.5 Å². The van der Waals surface area contributed by atoms with Crippen molar-refractivity contribution in [2.24, 2.45) is 0 Å². The highest BCUT2D eigenvalue weighted by Crippen LogP contribution is 2.30. The number of carbonyl (C=O) groups excluding carboxylic acids is 1. The maximum Gasteiger partial charge on any atom is 0.243 e. The molecule has 0 bridgehead atoms. The third kappa shape index (κ3) is 3.42. The molecule has 0 aliphatic rings. The van der Waals surface area contributed by atoms with Crippen molar-refractivity contribution in [2.75, 3.05) is 17.2 Å². The fourth-order valence-electron chi connectivity index (χ4n) is 2.74. The SMILES string of the molecule is O=C(CNc1ncnc2[nH]c3cc(Br)ccc3c12)Nc1ccc(Br)cc1. The monoisotopic (exact) mass is 473 g/mol. The Morgan fingerprint density at radius 2 is 1.81 bits per heavy atom. The minimum Gasteiger partial charge on any atom is -0.360 e. The molecule has 0 unspecified atom stereocenters. The molecule has 0 saturated carbocycles. The van der Waals surface area contributed by atoms with E-state index in [1.54, 1.807) is 0 Å². The third-order valence-corrected chi connectivity index (χ3v) is 4.92. The average Bonchev–Trinajstić information content (AvgIpc) is 3.00. The van der Waals surface area contributed by atoms with Crippen LogP contribution in [0.2, 0.25) is 0 Å². The van der Waals surface area contributed by atoms with Crippen LogP contribution in [0.25, 0.3) is 21.9 Å². The summed E-state index contributed by atoms with van der Waals surface area (Å²) in [5, 5.41) is 7.82. The van der Waals surface area contributed by atoms with Crippen molar-refractivity contribution in [3.63, 3.8) is 0 Å². The van der Waals surface area contributed by atoms with Gasteiger partial charge in [-0.05, 0) is 36.4 Å². The van der Waals surface area contributed by atoms with Crippen LogP contribution in [0, 0.1) is 0 Å². The van der Waals surface area contributed by atoms with Gasteiger partial charge in [-0.3, -0.25) is 4.79 Å². The second kappa shape index (κ2) is 7.05. The zero-order chi connectivity index (χ0) is 18.1. The van der Waals surface area contributed by atoms with E-state index in [0.29, 0.717) is 5.82 Å². The smallest absolute Gasteiger partial charge is 0.243 e. The van der Waals surface area contributed by atoms with Crippen molar-refractivity contribution < 1.29 is 4.79 Å². The average molecular weight is 475 g/mol. The molecule has 8 heteroatoms. The van der Waals surface area contributed by atoms with E-state index in [-0.39, 0.29) is 12.5 Å². The van der Waals surface area contributed by atoms with Gasteiger partial charge in [-0.25, -0.2) is 9.97 Å². The molecule has 0 saturated heterocycles. The Kier molecular flexibility index (Phi) is 4.60. The lowest BCUT2D eigenvalue weighted by Gasteiger charge is -2.08. The largest absolute Gasteiger partial charge is 0.360 e. The molecule has 2 aromatic heterocycles. The summed E-state index contributed by atoms with van der Waals surface area (Å²) in [5.41, 5.74) is 2.42. The first kappa shape index (κ1) is 17.0. The van der Waals surface area contributed by atoms with E-state index in [9.17, 15) is 4.79 Å². The molecular formula is C18H13Br2N5O. The molecule has 0 spiro atoms. The van der Waals surface area contributed by atoms with Gasteiger partial charge >= 0.3 is 0 Å². The number of fused-ring (bicyclic) bond motifs is 3. The van der Waals surface area contributed by atoms with Gasteiger partial charge in [0.25, 0.3) is 0 Å². The maximum absolute atomic E-state index is 12.2. The lowest BCUT2D eigenvalue weighted by molar-refractivity contribution is -0.114. The molecular weight excluding hydrogens is 462 g/mol. The maximum atomic E-state index is 12.2. The molecule has 4 aromatic rings. The van der Waals surface area contributed by atoms with E-state index >= 15 is 0 Å². The van der Waals surface area contributed by atoms with Crippen LogP contribution in [0.5, 0.6) is 0 Å². The van der Waals surface area contributed by atoms with Gasteiger partial charge in [-0.2, -0.15) is 0 Å². The fraction of sp³-hybridized carbons (Fsp3) is 0.0556. The van der Waals surface area contributed by atoms with Crippen LogP contribution in [-0.4, -0.2) is 27.4 Å². The Morgan fingerprint density at radius 3 is 2.62 bits per heavy atom. The van der Waals surface area contributed by atoms with Crippen LogP contribution in [0.15, 0.2) is 57.7 Å². The molecule has 26 heavy (non-hydrogen) atoms. The Hall–Kier alpha value is -2.45. The number of amides is 1. The second-order valence-corrected chi connectivity index (χ2v) is 7.50. The molecule has 6 nitrogen and oxygen atoms in total. The number of rotatable bonds is 4. The second-order valence-electron chi connectivity index (χ2n) is 5.67. The number of H-pyrrole nitrogens is 1. The summed E-state index contributed by atoms with van der Waals surface area (Å²) in [4.78, 5) is 24.1. The van der Waals surface area contributed by atoms with Crippen molar-refractivity contribution in [3.8, 4) is 0 Å². The molecule has 2 aromatic carbocycles. The Morgan fingerprint density at radius 1 is 1.04 bits per heavy atom. The van der Waals surface area contributed by atoms with E-state index < -0.39 is 0 Å². The minimum absolute atomic E-state index is 0.103. The van der Waals surface area contributed by atoms with E-state index in [2.05, 4.69) is 57.4 Å². The van der Waals surface area contributed by atoms with Crippen LogP contribution in [0.4, 0.5) is 11.5 Å². The molecule has 3 N–H and O–H groups in total. The van der Waals surface area contributed by atoms with Gasteiger partial charge in [0.2, 0.25) is 5.91 Å². The van der Waals surface area contributed by atoms with E-state index in [0.717, 1.165) is 36.6 Å². The van der Waals surface area contributed by atoms with E-state index in [1.807, 2.05) is 42.5 Å². The first-order valence-electron chi connectivity index (χ1n) is 7.81. The summed E-state index contributed by atoms with van der Waals surface area (Å²) in [5.74, 6) is 0.469. The molecule has 2 heterocycles. The molecule has 4 rings (SSSR count). The van der Waals surface area contributed by atoms with Crippen molar-refractivity contribution in [1.82, 2.24) is 15.0 Å². The Labute approximate surface area is 165 Å². The Bertz CT molecular complexity index is 1110. The van der Waals surface area contributed by atoms with Gasteiger partial charge in [0.1, 0.15) is 17.8 Å². The summed E-state index contributed by atoms with van der Waals surface area (Å²) >= 11 is 6.84. The molecule has 0 aliphatic carbocycles. The highest BCUT2D eigenvalue weighted by Gasteiger charge is 2.12. The van der Waals surface area contributed by atoms with Gasteiger partial charge < -0.3 is 15.6 Å². The number of nitrogens with one attached hydrogen (secondary N) is 3. The quantitative estimate of drug-likeness (QED) is 0.400. The van der Waals surface area contributed by atoms with E-state index in [4.69, 9.17) is 0 Å². The van der Waals surface area contributed by atoms with Crippen LogP contribution in [0.1, 0.15) is 0 Å². The standard InChI is InChI=1S/C18H13Br2N5O/c19-10-1-4-12(5-2-10)24-15(26)8-21-17-16-13-6-3-11(20)7-14(13)25-18(16)23-9-22-17/h1-7,9H,8H2,(H,24,26)(H2,21,22,23,25). The number of anilines is 2. The predicted molar refractivity (Wildman–Crippen MR) is 110 cm³/mol. The van der Waals surface area contributed by atoms with Gasteiger partial charge in [0.15, 0.2) is 0 Å². The topological polar surface area (TPSA) is 82.7 Å². The molecule has 0 aliphatic heterocycles. The van der Waals surface area contributed by atoms with Gasteiger partial charge in [-0.1, -0.05) is 37.9 Å². The number of aromatic nitrogens is 3. The van der Waals surface area contributed by atoms with Crippen molar-refractivity contribution >= 4 is 71.2 Å². The summed E-state index contributed by atoms with van der Waals surface area (Å²) in [6.07, 6.45) is 1.47. The van der Waals surface area contributed by atoms with Crippen LogP contribution in [0.3, 0.4) is 0 Å². The summed E-state index contributed by atoms with van der Waals surface area (Å²) in [6.45, 7) is 0.103. The number of hydrogen-bond acceptors (Lipinski definition) is 4. The lowest BCUT2D eigenvalue weighted by Crippen LogP contribution is -2.22. The molecule has 0 atom stereocenters. The van der Waals surface area contributed by atoms with Gasteiger partial charge in [0.05, 0.1) is 11.9 Å². The number of carbonyl (C=O) groups is 1. The molecule has 0 radical (unpaired) electrons. The van der Waals surface area contributed by atoms with Crippen LogP contribution in [-0.2, 0) is 4.79 Å². The number of hydrogen-bond donors (Lipinski definition) is 3. The highest BCUT2D eigenvalue weighted by atomic mass is 79.9. The van der Waals surface area contributed by atoms with Crippen LogP contribution >= 0.6 is 31.9 Å². The highest BCUT2D eigenvalue weighted by molar-refractivity contribution is 9.10. The molecule has 130 valence electrons. The first-order chi connectivity index (χ1) is 12.6. The van der Waals surface area contributed by atoms with Gasteiger partial charge in [-0.15, -0.1) is 0 Å². The van der Waals surface area contributed by atoms with Crippen molar-refractivity contribution in [1.29, 1.82) is 0 Å². The zero-order valence-corrected chi connectivity index (χ0v) is 16.6. The van der Waals surface area contributed by atoms with Crippen molar-refractivity contribution in [3.05, 3.63) is 57.7 Å². The molecule has 1 amide bonds. The normalized spacial score (nSPS) is 11.0. The zero-order valence-electron chi connectivity index (χ0n) is 13.4. The number of halogens is 2. The number of aromatic amines is 1. The molecule has 0 fully saturated rings. The predicted octanol–water partition coefficient (Wildman–Crippen LogP) is 4.69. The summed E-state index contributed by atoms with van der Waals surface area (Å²) < 4.78 is 1.94.